The van der Waals surface area contributed by atoms with Crippen molar-refractivity contribution in [3.63, 3.8) is 0 Å². The molecule has 0 aliphatic heterocycles. The van der Waals surface area contributed by atoms with E-state index >= 15 is 0 Å². The molecule has 0 bridgehead atoms. The summed E-state index contributed by atoms with van der Waals surface area (Å²) in [5, 5.41) is 3.68. The van der Waals surface area contributed by atoms with Crippen molar-refractivity contribution in [2.45, 2.75) is 32.2 Å². The molecule has 0 saturated carbocycles. The molecule has 1 unspecified atom stereocenters. The Morgan fingerprint density at radius 2 is 1.84 bits per heavy atom. The number of hydrogen-bond donors (Lipinski definition) is 1. The number of fused-ring (bicyclic) bond motifs is 1. The summed E-state index contributed by atoms with van der Waals surface area (Å²) in [6, 6.07) is 15.7. The third kappa shape index (κ3) is 2.69. The molecular formula is C17H18BrN. The summed E-state index contributed by atoms with van der Waals surface area (Å²) >= 11 is 3.68. The van der Waals surface area contributed by atoms with Gasteiger partial charge in [-0.3, -0.25) is 0 Å². The largest absolute Gasteiger partial charge is 0.381 e. The molecule has 98 valence electrons. The van der Waals surface area contributed by atoms with Gasteiger partial charge in [0.1, 0.15) is 0 Å². The first-order valence-electron chi connectivity index (χ1n) is 6.82. The molecule has 0 fully saturated rings. The highest BCUT2D eigenvalue weighted by Crippen LogP contribution is 2.29. The summed E-state index contributed by atoms with van der Waals surface area (Å²) in [5.74, 6) is 0. The first-order valence-corrected chi connectivity index (χ1v) is 7.62. The van der Waals surface area contributed by atoms with E-state index in [1.807, 2.05) is 0 Å². The van der Waals surface area contributed by atoms with E-state index in [9.17, 15) is 0 Å². The van der Waals surface area contributed by atoms with Crippen molar-refractivity contribution < 1.29 is 0 Å². The summed E-state index contributed by atoms with van der Waals surface area (Å²) in [6.07, 6.45) is 3.51. The molecule has 0 spiro atoms. The number of hydrogen-bond acceptors (Lipinski definition) is 1. The van der Waals surface area contributed by atoms with Gasteiger partial charge in [0.05, 0.1) is 0 Å². The summed E-state index contributed by atoms with van der Waals surface area (Å²) in [7, 11) is 0. The van der Waals surface area contributed by atoms with Gasteiger partial charge in [0, 0.05) is 16.2 Å². The maximum Gasteiger partial charge on any atom is 0.0489 e. The lowest BCUT2D eigenvalue weighted by molar-refractivity contribution is 0.610. The molecule has 0 amide bonds. The van der Waals surface area contributed by atoms with Gasteiger partial charge in [0.25, 0.3) is 0 Å². The van der Waals surface area contributed by atoms with Crippen LogP contribution in [0.25, 0.3) is 0 Å². The average molecular weight is 316 g/mol. The first kappa shape index (κ1) is 12.7. The van der Waals surface area contributed by atoms with Gasteiger partial charge in [0.15, 0.2) is 0 Å². The van der Waals surface area contributed by atoms with Gasteiger partial charge in [-0.25, -0.2) is 0 Å². The van der Waals surface area contributed by atoms with Gasteiger partial charge < -0.3 is 5.32 Å². The fourth-order valence-electron chi connectivity index (χ4n) is 2.80. The molecule has 1 nitrogen and oxygen atoms in total. The van der Waals surface area contributed by atoms with E-state index < -0.39 is 0 Å². The highest BCUT2D eigenvalue weighted by Gasteiger charge is 2.18. The first-order chi connectivity index (χ1) is 9.24. The standard InChI is InChI=1S/C17H18BrN/c1-12-5-4-8-16(17(12)18)19-15-10-9-13-6-2-3-7-14(13)11-15/h2-8,15,19H,9-11H2,1H3. The quantitative estimate of drug-likeness (QED) is 0.845. The second kappa shape index (κ2) is 5.38. The average Bonchev–Trinajstić information content (AvgIpc) is 2.44. The van der Waals surface area contributed by atoms with Crippen LogP contribution in [-0.4, -0.2) is 6.04 Å². The maximum atomic E-state index is 3.68. The van der Waals surface area contributed by atoms with E-state index in [0.29, 0.717) is 6.04 Å². The molecule has 1 aliphatic carbocycles. The van der Waals surface area contributed by atoms with Crippen molar-refractivity contribution in [1.82, 2.24) is 0 Å². The molecule has 0 saturated heterocycles. The number of benzene rings is 2. The van der Waals surface area contributed by atoms with Gasteiger partial charge in [-0.05, 0) is 64.9 Å². The lowest BCUT2D eigenvalue weighted by Gasteiger charge is -2.27. The number of nitrogens with one attached hydrogen (secondary N) is 1. The lowest BCUT2D eigenvalue weighted by atomic mass is 9.88. The number of halogens is 1. The normalized spacial score (nSPS) is 17.9. The van der Waals surface area contributed by atoms with Gasteiger partial charge in [-0.1, -0.05) is 36.4 Å². The lowest BCUT2D eigenvalue weighted by Crippen LogP contribution is -2.27. The fraction of sp³-hybridized carbons (Fsp3) is 0.294. The Bertz CT molecular complexity index is 592. The van der Waals surface area contributed by atoms with E-state index in [4.69, 9.17) is 0 Å². The summed E-state index contributed by atoms with van der Waals surface area (Å²) in [6.45, 7) is 2.13. The fourth-order valence-corrected chi connectivity index (χ4v) is 3.18. The SMILES string of the molecule is Cc1cccc(NC2CCc3ccccc3C2)c1Br. The van der Waals surface area contributed by atoms with Crippen LogP contribution in [0.5, 0.6) is 0 Å². The van der Waals surface area contributed by atoms with E-state index in [1.165, 1.54) is 39.7 Å². The molecule has 19 heavy (non-hydrogen) atoms. The zero-order valence-electron chi connectivity index (χ0n) is 11.1. The third-order valence-corrected chi connectivity index (χ3v) is 4.95. The van der Waals surface area contributed by atoms with Gasteiger partial charge in [-0.2, -0.15) is 0 Å². The maximum absolute atomic E-state index is 3.68. The molecule has 1 atom stereocenters. The molecule has 0 radical (unpaired) electrons. The third-order valence-electron chi connectivity index (χ3n) is 3.90. The molecule has 2 aromatic carbocycles. The predicted molar refractivity (Wildman–Crippen MR) is 84.8 cm³/mol. The van der Waals surface area contributed by atoms with Crippen LogP contribution in [0.2, 0.25) is 0 Å². The van der Waals surface area contributed by atoms with Crippen LogP contribution >= 0.6 is 15.9 Å². The second-order valence-electron chi connectivity index (χ2n) is 5.29. The van der Waals surface area contributed by atoms with Gasteiger partial charge in [0.2, 0.25) is 0 Å². The molecule has 1 aliphatic rings. The Hall–Kier alpha value is -1.28. The van der Waals surface area contributed by atoms with Crippen molar-refractivity contribution in [3.05, 3.63) is 63.6 Å². The minimum Gasteiger partial charge on any atom is -0.381 e. The van der Waals surface area contributed by atoms with Crippen LogP contribution in [0.15, 0.2) is 46.9 Å². The van der Waals surface area contributed by atoms with Crippen molar-refractivity contribution in [1.29, 1.82) is 0 Å². The molecule has 0 aromatic heterocycles. The molecule has 2 aromatic rings. The van der Waals surface area contributed by atoms with Crippen molar-refractivity contribution in [3.8, 4) is 0 Å². The predicted octanol–water partition coefficient (Wildman–Crippen LogP) is 4.73. The van der Waals surface area contributed by atoms with E-state index in [-0.39, 0.29) is 0 Å². The Balaban J connectivity index is 1.77. The second-order valence-corrected chi connectivity index (χ2v) is 6.08. The Kier molecular flexibility index (Phi) is 3.61. The summed E-state index contributed by atoms with van der Waals surface area (Å²) in [4.78, 5) is 0. The minimum atomic E-state index is 0.535. The van der Waals surface area contributed by atoms with Crippen molar-refractivity contribution in [2.75, 3.05) is 5.32 Å². The minimum absolute atomic E-state index is 0.535. The zero-order valence-corrected chi connectivity index (χ0v) is 12.7. The highest BCUT2D eigenvalue weighted by molar-refractivity contribution is 9.10. The van der Waals surface area contributed by atoms with Crippen LogP contribution in [0.1, 0.15) is 23.1 Å². The van der Waals surface area contributed by atoms with Gasteiger partial charge in [-0.15, -0.1) is 0 Å². The summed E-state index contributed by atoms with van der Waals surface area (Å²) < 4.78 is 1.19. The number of rotatable bonds is 2. The number of aryl methyl sites for hydroxylation is 2. The molecule has 0 heterocycles. The molecule has 3 rings (SSSR count). The van der Waals surface area contributed by atoms with E-state index in [2.05, 4.69) is 70.6 Å². The molecular weight excluding hydrogens is 298 g/mol. The van der Waals surface area contributed by atoms with Crippen LogP contribution in [0, 0.1) is 6.92 Å². The van der Waals surface area contributed by atoms with E-state index in [1.54, 1.807) is 0 Å². The molecule has 1 N–H and O–H groups in total. The Morgan fingerprint density at radius 1 is 1.05 bits per heavy atom. The summed E-state index contributed by atoms with van der Waals surface area (Å²) in [5.41, 5.74) is 5.50. The monoisotopic (exact) mass is 315 g/mol. The smallest absolute Gasteiger partial charge is 0.0489 e. The van der Waals surface area contributed by atoms with Crippen molar-refractivity contribution >= 4 is 21.6 Å². The van der Waals surface area contributed by atoms with Crippen LogP contribution in [0.4, 0.5) is 5.69 Å². The van der Waals surface area contributed by atoms with Crippen molar-refractivity contribution in [2.24, 2.45) is 0 Å². The molecule has 2 heteroatoms. The Labute approximate surface area is 123 Å². The topological polar surface area (TPSA) is 12.0 Å². The van der Waals surface area contributed by atoms with Crippen LogP contribution in [0.3, 0.4) is 0 Å². The number of anilines is 1. The Morgan fingerprint density at radius 3 is 2.68 bits per heavy atom. The highest BCUT2D eigenvalue weighted by atomic mass is 79.9. The van der Waals surface area contributed by atoms with Crippen LogP contribution in [-0.2, 0) is 12.8 Å². The van der Waals surface area contributed by atoms with Gasteiger partial charge >= 0.3 is 0 Å². The van der Waals surface area contributed by atoms with Crippen LogP contribution < -0.4 is 5.32 Å². The van der Waals surface area contributed by atoms with E-state index in [0.717, 1.165) is 6.42 Å². The zero-order chi connectivity index (χ0) is 13.2.